The van der Waals surface area contributed by atoms with Crippen LogP contribution in [-0.2, 0) is 0 Å². The lowest BCUT2D eigenvalue weighted by molar-refractivity contribution is 0.0794. The second-order valence-corrected chi connectivity index (χ2v) is 5.81. The van der Waals surface area contributed by atoms with Crippen molar-refractivity contribution < 1.29 is 4.79 Å². The molecule has 0 spiro atoms. The molecule has 4 nitrogen and oxygen atoms in total. The lowest BCUT2D eigenvalue weighted by Gasteiger charge is -2.17. The van der Waals surface area contributed by atoms with Crippen molar-refractivity contribution in [2.45, 2.75) is 12.8 Å². The van der Waals surface area contributed by atoms with Gasteiger partial charge >= 0.3 is 0 Å². The number of carbonyl (C=O) groups excluding carboxylic acids is 1. The summed E-state index contributed by atoms with van der Waals surface area (Å²) < 4.78 is 0. The van der Waals surface area contributed by atoms with E-state index in [0.29, 0.717) is 0 Å². The van der Waals surface area contributed by atoms with Gasteiger partial charge in [0, 0.05) is 36.4 Å². The van der Waals surface area contributed by atoms with Crippen LogP contribution in [0.3, 0.4) is 0 Å². The van der Waals surface area contributed by atoms with E-state index in [1.54, 1.807) is 12.4 Å². The zero-order chi connectivity index (χ0) is 15.6. The number of pyridine rings is 2. The predicted octanol–water partition coefficient (Wildman–Crippen LogP) is 3.53. The molecule has 1 amide bonds. The third kappa shape index (κ3) is 2.57. The fourth-order valence-corrected chi connectivity index (χ4v) is 3.11. The van der Waals surface area contributed by atoms with E-state index >= 15 is 0 Å². The number of aromatic nitrogens is 2. The van der Waals surface area contributed by atoms with E-state index < -0.39 is 0 Å². The van der Waals surface area contributed by atoms with Gasteiger partial charge in [-0.25, -0.2) is 4.98 Å². The SMILES string of the molecule is O=C(c1cc(-c2cccnc2)nc2ccccc12)N1CCCC1. The summed E-state index contributed by atoms with van der Waals surface area (Å²) in [6, 6.07) is 13.6. The van der Waals surface area contributed by atoms with Crippen LogP contribution in [-0.4, -0.2) is 33.9 Å². The third-order valence-electron chi connectivity index (χ3n) is 4.30. The van der Waals surface area contributed by atoms with E-state index in [1.165, 1.54) is 0 Å². The molecule has 4 heteroatoms. The van der Waals surface area contributed by atoms with Crippen molar-refractivity contribution in [1.29, 1.82) is 0 Å². The highest BCUT2D eigenvalue weighted by Crippen LogP contribution is 2.26. The first kappa shape index (κ1) is 13.9. The van der Waals surface area contributed by atoms with Gasteiger partial charge < -0.3 is 4.90 Å². The van der Waals surface area contributed by atoms with E-state index in [4.69, 9.17) is 4.98 Å². The van der Waals surface area contributed by atoms with Gasteiger partial charge in [0.15, 0.2) is 0 Å². The van der Waals surface area contributed by atoms with Crippen molar-refractivity contribution >= 4 is 16.8 Å². The first-order chi connectivity index (χ1) is 11.3. The largest absolute Gasteiger partial charge is 0.339 e. The van der Waals surface area contributed by atoms with Crippen molar-refractivity contribution in [2.75, 3.05) is 13.1 Å². The molecule has 1 fully saturated rings. The minimum Gasteiger partial charge on any atom is -0.339 e. The van der Waals surface area contributed by atoms with Crippen LogP contribution >= 0.6 is 0 Å². The Labute approximate surface area is 134 Å². The zero-order valence-electron chi connectivity index (χ0n) is 12.8. The van der Waals surface area contributed by atoms with Crippen molar-refractivity contribution in [3.05, 3.63) is 60.4 Å². The molecule has 4 rings (SSSR count). The average molecular weight is 303 g/mol. The van der Waals surface area contributed by atoms with Crippen molar-refractivity contribution in [2.24, 2.45) is 0 Å². The highest BCUT2D eigenvalue weighted by Gasteiger charge is 2.22. The predicted molar refractivity (Wildman–Crippen MR) is 90.1 cm³/mol. The van der Waals surface area contributed by atoms with E-state index in [9.17, 15) is 4.79 Å². The van der Waals surface area contributed by atoms with Crippen molar-refractivity contribution in [3.8, 4) is 11.3 Å². The molecule has 3 aromatic rings. The Bertz CT molecular complexity index is 855. The Balaban J connectivity index is 1.89. The summed E-state index contributed by atoms with van der Waals surface area (Å²) in [5.74, 6) is 0.103. The quantitative estimate of drug-likeness (QED) is 0.727. The number of carbonyl (C=O) groups is 1. The Morgan fingerprint density at radius 2 is 1.87 bits per heavy atom. The molecule has 0 N–H and O–H groups in total. The summed E-state index contributed by atoms with van der Waals surface area (Å²) in [4.78, 5) is 23.7. The normalized spacial score (nSPS) is 14.3. The van der Waals surface area contributed by atoms with Crippen LogP contribution in [0.1, 0.15) is 23.2 Å². The maximum Gasteiger partial charge on any atom is 0.254 e. The molecule has 0 bridgehead atoms. The number of benzene rings is 1. The molecule has 0 saturated carbocycles. The number of hydrogen-bond donors (Lipinski definition) is 0. The summed E-state index contributed by atoms with van der Waals surface area (Å²) >= 11 is 0. The molecular formula is C19H17N3O. The summed E-state index contributed by atoms with van der Waals surface area (Å²) in [6.45, 7) is 1.69. The number of amides is 1. The molecule has 0 unspecified atom stereocenters. The maximum absolute atomic E-state index is 12.9. The van der Waals surface area contributed by atoms with E-state index in [1.807, 2.05) is 47.4 Å². The standard InChI is InChI=1S/C19H17N3O/c23-19(22-10-3-4-11-22)16-12-18(14-6-5-9-20-13-14)21-17-8-2-1-7-15(16)17/h1-2,5-9,12-13H,3-4,10-11H2. The second kappa shape index (κ2) is 5.80. The fraction of sp³-hybridized carbons (Fsp3) is 0.211. The number of rotatable bonds is 2. The lowest BCUT2D eigenvalue weighted by Crippen LogP contribution is -2.27. The highest BCUT2D eigenvalue weighted by atomic mass is 16.2. The topological polar surface area (TPSA) is 46.1 Å². The van der Waals surface area contributed by atoms with Crippen LogP contribution in [0.2, 0.25) is 0 Å². The average Bonchev–Trinajstić information content (AvgIpc) is 3.15. The fourth-order valence-electron chi connectivity index (χ4n) is 3.11. The van der Waals surface area contributed by atoms with Gasteiger partial charge in [0.25, 0.3) is 5.91 Å². The van der Waals surface area contributed by atoms with Gasteiger partial charge in [0.1, 0.15) is 0 Å². The molecule has 0 aliphatic carbocycles. The Kier molecular flexibility index (Phi) is 3.50. The van der Waals surface area contributed by atoms with E-state index in [2.05, 4.69) is 4.98 Å². The van der Waals surface area contributed by atoms with Crippen molar-refractivity contribution in [3.63, 3.8) is 0 Å². The number of likely N-dealkylation sites (tertiary alicyclic amines) is 1. The van der Waals surface area contributed by atoms with Crippen LogP contribution < -0.4 is 0 Å². The maximum atomic E-state index is 12.9. The summed E-state index contributed by atoms with van der Waals surface area (Å²) in [7, 11) is 0. The Morgan fingerprint density at radius 1 is 1.04 bits per heavy atom. The smallest absolute Gasteiger partial charge is 0.254 e. The lowest BCUT2D eigenvalue weighted by atomic mass is 10.0. The van der Waals surface area contributed by atoms with Gasteiger partial charge in [-0.3, -0.25) is 9.78 Å². The first-order valence-corrected chi connectivity index (χ1v) is 7.92. The Morgan fingerprint density at radius 3 is 2.65 bits per heavy atom. The van der Waals surface area contributed by atoms with Gasteiger partial charge in [-0.15, -0.1) is 0 Å². The molecular weight excluding hydrogens is 286 g/mol. The van der Waals surface area contributed by atoms with Crippen LogP contribution in [0.4, 0.5) is 0 Å². The van der Waals surface area contributed by atoms with Gasteiger partial charge in [-0.1, -0.05) is 18.2 Å². The van der Waals surface area contributed by atoms with Crippen LogP contribution in [0.15, 0.2) is 54.9 Å². The molecule has 1 aliphatic heterocycles. The number of nitrogens with zero attached hydrogens (tertiary/aromatic N) is 3. The molecule has 0 atom stereocenters. The number of fused-ring (bicyclic) bond motifs is 1. The number of para-hydroxylation sites is 1. The van der Waals surface area contributed by atoms with Gasteiger partial charge in [0.05, 0.1) is 16.8 Å². The molecule has 3 heterocycles. The second-order valence-electron chi connectivity index (χ2n) is 5.81. The summed E-state index contributed by atoms with van der Waals surface area (Å²) in [5.41, 5.74) is 3.29. The minimum atomic E-state index is 0.103. The highest BCUT2D eigenvalue weighted by molar-refractivity contribution is 6.07. The third-order valence-corrected chi connectivity index (χ3v) is 4.30. The van der Waals surface area contributed by atoms with Crippen LogP contribution in [0, 0.1) is 0 Å². The van der Waals surface area contributed by atoms with E-state index in [0.717, 1.165) is 53.7 Å². The molecule has 2 aromatic heterocycles. The number of hydrogen-bond acceptors (Lipinski definition) is 3. The summed E-state index contributed by atoms with van der Waals surface area (Å²) in [5, 5.41) is 0.914. The van der Waals surface area contributed by atoms with Gasteiger partial charge in [-0.05, 0) is 37.1 Å². The first-order valence-electron chi connectivity index (χ1n) is 7.92. The zero-order valence-corrected chi connectivity index (χ0v) is 12.8. The monoisotopic (exact) mass is 303 g/mol. The molecule has 1 aliphatic rings. The Hall–Kier alpha value is -2.75. The van der Waals surface area contributed by atoms with Gasteiger partial charge in [0.2, 0.25) is 0 Å². The van der Waals surface area contributed by atoms with E-state index in [-0.39, 0.29) is 5.91 Å². The van der Waals surface area contributed by atoms with Crippen molar-refractivity contribution in [1.82, 2.24) is 14.9 Å². The molecule has 0 radical (unpaired) electrons. The summed E-state index contributed by atoms with van der Waals surface area (Å²) in [6.07, 6.45) is 5.69. The minimum absolute atomic E-state index is 0.103. The molecule has 1 saturated heterocycles. The van der Waals surface area contributed by atoms with Gasteiger partial charge in [-0.2, -0.15) is 0 Å². The molecule has 23 heavy (non-hydrogen) atoms. The molecule has 114 valence electrons. The van der Waals surface area contributed by atoms with Crippen LogP contribution in [0.5, 0.6) is 0 Å². The van der Waals surface area contributed by atoms with Crippen LogP contribution in [0.25, 0.3) is 22.2 Å². The molecule has 1 aromatic carbocycles.